The maximum Gasteiger partial charge on any atom is 0.210 e. The van der Waals surface area contributed by atoms with Gasteiger partial charge in [0.1, 0.15) is 5.75 Å². The number of methoxy groups -OCH3 is 2. The summed E-state index contributed by atoms with van der Waals surface area (Å²) in [4.78, 5) is 4.30. The topological polar surface area (TPSA) is 52.6 Å². The molecule has 0 atom stereocenters. The predicted octanol–water partition coefficient (Wildman–Crippen LogP) is 3.00. The number of nitrogens with zero attached hydrogens (tertiary/aromatic N) is 1. The molecular weight excluding hydrogens is 268 g/mol. The lowest BCUT2D eigenvalue weighted by Crippen LogP contribution is -2.12. The number of ether oxygens (including phenoxy) is 3. The minimum atomic E-state index is 0.558. The molecule has 0 amide bonds. The predicted molar refractivity (Wildman–Crippen MR) is 81.2 cm³/mol. The van der Waals surface area contributed by atoms with Crippen molar-refractivity contribution >= 4 is 0 Å². The Morgan fingerprint density at radius 2 is 1.81 bits per heavy atom. The SMILES string of the molecule is CCNCc1cc(Oc2c(OC)cccc2OC)ccn1. The molecule has 0 fully saturated rings. The van der Waals surface area contributed by atoms with E-state index in [9.17, 15) is 0 Å². The molecule has 2 rings (SSSR count). The Kier molecular flexibility index (Phi) is 5.40. The molecule has 5 heteroatoms. The Bertz CT molecular complexity index is 565. The van der Waals surface area contributed by atoms with Gasteiger partial charge in [-0.3, -0.25) is 4.98 Å². The number of pyridine rings is 1. The first kappa shape index (κ1) is 15.1. The van der Waals surface area contributed by atoms with Crippen LogP contribution in [0.2, 0.25) is 0 Å². The van der Waals surface area contributed by atoms with Gasteiger partial charge in [0.15, 0.2) is 11.5 Å². The van der Waals surface area contributed by atoms with Crippen molar-refractivity contribution in [2.24, 2.45) is 0 Å². The summed E-state index contributed by atoms with van der Waals surface area (Å²) < 4.78 is 16.6. The summed E-state index contributed by atoms with van der Waals surface area (Å²) in [6.45, 7) is 3.66. The van der Waals surface area contributed by atoms with Gasteiger partial charge in [0, 0.05) is 18.8 Å². The van der Waals surface area contributed by atoms with Gasteiger partial charge in [0.25, 0.3) is 0 Å². The molecule has 1 heterocycles. The summed E-state index contributed by atoms with van der Waals surface area (Å²) in [5, 5.41) is 3.23. The minimum absolute atomic E-state index is 0.558. The van der Waals surface area contributed by atoms with E-state index in [1.165, 1.54) is 0 Å². The van der Waals surface area contributed by atoms with E-state index in [0.717, 1.165) is 12.2 Å². The second-order valence-electron chi connectivity index (χ2n) is 4.36. The average Bonchev–Trinajstić information content (AvgIpc) is 2.53. The van der Waals surface area contributed by atoms with Gasteiger partial charge in [-0.25, -0.2) is 0 Å². The fourth-order valence-corrected chi connectivity index (χ4v) is 1.90. The fraction of sp³-hybridized carbons (Fsp3) is 0.312. The number of nitrogens with one attached hydrogen (secondary N) is 1. The van der Waals surface area contributed by atoms with E-state index >= 15 is 0 Å². The molecule has 0 saturated heterocycles. The van der Waals surface area contributed by atoms with Crippen molar-refractivity contribution in [2.75, 3.05) is 20.8 Å². The van der Waals surface area contributed by atoms with E-state index in [4.69, 9.17) is 14.2 Å². The number of hydrogen-bond acceptors (Lipinski definition) is 5. The number of para-hydroxylation sites is 1. The molecule has 0 aliphatic rings. The van der Waals surface area contributed by atoms with Crippen molar-refractivity contribution in [2.45, 2.75) is 13.5 Å². The summed E-state index contributed by atoms with van der Waals surface area (Å²) in [5.41, 5.74) is 0.920. The quantitative estimate of drug-likeness (QED) is 0.848. The van der Waals surface area contributed by atoms with Crippen molar-refractivity contribution in [1.82, 2.24) is 10.3 Å². The molecule has 0 spiro atoms. The summed E-state index contributed by atoms with van der Waals surface area (Å²) in [6, 6.07) is 9.22. The molecule has 0 radical (unpaired) electrons. The highest BCUT2D eigenvalue weighted by atomic mass is 16.5. The molecule has 0 aliphatic heterocycles. The van der Waals surface area contributed by atoms with Crippen LogP contribution in [0.5, 0.6) is 23.0 Å². The zero-order chi connectivity index (χ0) is 15.1. The van der Waals surface area contributed by atoms with Gasteiger partial charge < -0.3 is 19.5 Å². The third-order valence-electron chi connectivity index (χ3n) is 2.95. The van der Waals surface area contributed by atoms with Crippen molar-refractivity contribution < 1.29 is 14.2 Å². The highest BCUT2D eigenvalue weighted by Crippen LogP contribution is 2.39. The maximum absolute atomic E-state index is 5.93. The first-order chi connectivity index (χ1) is 10.3. The summed E-state index contributed by atoms with van der Waals surface area (Å²) in [7, 11) is 3.20. The third kappa shape index (κ3) is 3.86. The molecule has 5 nitrogen and oxygen atoms in total. The molecule has 21 heavy (non-hydrogen) atoms. The Morgan fingerprint density at radius 3 is 2.43 bits per heavy atom. The van der Waals surface area contributed by atoms with Crippen LogP contribution in [0.25, 0.3) is 0 Å². The molecular formula is C16H20N2O3. The highest BCUT2D eigenvalue weighted by Gasteiger charge is 2.12. The Hall–Kier alpha value is -2.27. The number of hydrogen-bond donors (Lipinski definition) is 1. The summed E-state index contributed by atoms with van der Waals surface area (Å²) in [6.07, 6.45) is 1.73. The molecule has 2 aromatic rings. The second-order valence-corrected chi connectivity index (χ2v) is 4.36. The fourth-order valence-electron chi connectivity index (χ4n) is 1.90. The highest BCUT2D eigenvalue weighted by molar-refractivity contribution is 5.53. The first-order valence-electron chi connectivity index (χ1n) is 6.83. The van der Waals surface area contributed by atoms with Crippen LogP contribution >= 0.6 is 0 Å². The second kappa shape index (κ2) is 7.50. The molecule has 0 saturated carbocycles. The van der Waals surface area contributed by atoms with Crippen LogP contribution in [0.1, 0.15) is 12.6 Å². The van der Waals surface area contributed by atoms with Gasteiger partial charge in [0.05, 0.1) is 19.9 Å². The zero-order valence-electron chi connectivity index (χ0n) is 12.6. The Labute approximate surface area is 124 Å². The molecule has 112 valence electrons. The van der Waals surface area contributed by atoms with E-state index in [0.29, 0.717) is 29.5 Å². The van der Waals surface area contributed by atoms with Crippen molar-refractivity contribution in [3.8, 4) is 23.0 Å². The van der Waals surface area contributed by atoms with Crippen molar-refractivity contribution in [1.29, 1.82) is 0 Å². The maximum atomic E-state index is 5.93. The van der Waals surface area contributed by atoms with Gasteiger partial charge in [-0.05, 0) is 24.7 Å². The van der Waals surface area contributed by atoms with Gasteiger partial charge in [0.2, 0.25) is 5.75 Å². The van der Waals surface area contributed by atoms with Gasteiger partial charge in [-0.1, -0.05) is 13.0 Å². The standard InChI is InChI=1S/C16H20N2O3/c1-4-17-11-12-10-13(8-9-18-12)21-16-14(19-2)6-5-7-15(16)20-3/h5-10,17H,4,11H2,1-3H3. The van der Waals surface area contributed by atoms with Crippen LogP contribution in [0, 0.1) is 0 Å². The normalized spacial score (nSPS) is 10.2. The van der Waals surface area contributed by atoms with E-state index < -0.39 is 0 Å². The van der Waals surface area contributed by atoms with E-state index in [1.54, 1.807) is 26.5 Å². The largest absolute Gasteiger partial charge is 0.493 e. The molecule has 1 aromatic heterocycles. The van der Waals surface area contributed by atoms with Crippen LogP contribution < -0.4 is 19.5 Å². The van der Waals surface area contributed by atoms with E-state index in [-0.39, 0.29) is 0 Å². The smallest absolute Gasteiger partial charge is 0.210 e. The minimum Gasteiger partial charge on any atom is -0.493 e. The zero-order valence-corrected chi connectivity index (χ0v) is 12.6. The van der Waals surface area contributed by atoms with Crippen LogP contribution in [0.3, 0.4) is 0 Å². The molecule has 0 unspecified atom stereocenters. The van der Waals surface area contributed by atoms with Crippen LogP contribution in [0.15, 0.2) is 36.5 Å². The van der Waals surface area contributed by atoms with E-state index in [1.807, 2.05) is 24.3 Å². The van der Waals surface area contributed by atoms with E-state index in [2.05, 4.69) is 17.2 Å². The third-order valence-corrected chi connectivity index (χ3v) is 2.95. The lowest BCUT2D eigenvalue weighted by Gasteiger charge is -2.14. The molecule has 1 N–H and O–H groups in total. The summed E-state index contributed by atoms with van der Waals surface area (Å²) >= 11 is 0. The van der Waals surface area contributed by atoms with Gasteiger partial charge in [-0.2, -0.15) is 0 Å². The Balaban J connectivity index is 2.25. The van der Waals surface area contributed by atoms with Crippen LogP contribution in [-0.4, -0.2) is 25.7 Å². The molecule has 0 aliphatic carbocycles. The van der Waals surface area contributed by atoms with Gasteiger partial charge in [-0.15, -0.1) is 0 Å². The van der Waals surface area contributed by atoms with Crippen molar-refractivity contribution in [3.05, 3.63) is 42.2 Å². The first-order valence-corrected chi connectivity index (χ1v) is 6.83. The number of benzene rings is 1. The molecule has 0 bridgehead atoms. The van der Waals surface area contributed by atoms with Gasteiger partial charge >= 0.3 is 0 Å². The Morgan fingerprint density at radius 1 is 1.10 bits per heavy atom. The lowest BCUT2D eigenvalue weighted by molar-refractivity contribution is 0.346. The lowest BCUT2D eigenvalue weighted by atomic mass is 10.3. The number of rotatable bonds is 7. The van der Waals surface area contributed by atoms with Crippen molar-refractivity contribution in [3.63, 3.8) is 0 Å². The number of aromatic nitrogens is 1. The molecule has 1 aromatic carbocycles. The monoisotopic (exact) mass is 288 g/mol. The van der Waals surface area contributed by atoms with Crippen LogP contribution in [0.4, 0.5) is 0 Å². The average molecular weight is 288 g/mol. The van der Waals surface area contributed by atoms with Crippen LogP contribution in [-0.2, 0) is 6.54 Å². The summed E-state index contributed by atoms with van der Waals surface area (Å²) in [5.74, 6) is 2.50.